The molecule has 0 radical (unpaired) electrons. The molecule has 0 aliphatic heterocycles. The van der Waals surface area contributed by atoms with Crippen LogP contribution >= 0.6 is 11.3 Å². The average Bonchev–Trinajstić information content (AvgIpc) is 3.01. The molecule has 2 aromatic rings. The molecule has 0 bridgehead atoms. The minimum absolute atomic E-state index is 0.164. The molecule has 8 heteroatoms. The van der Waals surface area contributed by atoms with Crippen molar-refractivity contribution in [3.63, 3.8) is 0 Å². The number of rotatable bonds is 8. The first kappa shape index (κ1) is 19.0. The van der Waals surface area contributed by atoms with Gasteiger partial charge in [-0.15, -0.1) is 11.3 Å². The Kier molecular flexibility index (Phi) is 6.60. The molecule has 1 atom stereocenters. The number of aliphatic carboxylic acids is 1. The second-order valence-corrected chi connectivity index (χ2v) is 6.69. The summed E-state index contributed by atoms with van der Waals surface area (Å²) in [5.41, 5.74) is 0.426. The number of aromatic nitrogens is 1. The van der Waals surface area contributed by atoms with Crippen LogP contribution in [0.4, 0.5) is 4.39 Å². The number of carboxylic acid groups (broad SMARTS) is 1. The van der Waals surface area contributed by atoms with Gasteiger partial charge in [0.1, 0.15) is 16.9 Å². The van der Waals surface area contributed by atoms with Crippen LogP contribution in [0.5, 0.6) is 0 Å². The summed E-state index contributed by atoms with van der Waals surface area (Å²) in [5.74, 6) is -1.45. The fourth-order valence-corrected chi connectivity index (χ4v) is 3.25. The smallest absolute Gasteiger partial charge is 0.320 e. The lowest BCUT2D eigenvalue weighted by atomic mass is 10.2. The molecule has 0 aliphatic carbocycles. The van der Waals surface area contributed by atoms with Crippen molar-refractivity contribution in [2.45, 2.75) is 26.4 Å². The Hall–Kier alpha value is -2.32. The van der Waals surface area contributed by atoms with Gasteiger partial charge < -0.3 is 10.4 Å². The second-order valence-electron chi connectivity index (χ2n) is 5.58. The molecular formula is C17H20FN3O3S. The van der Waals surface area contributed by atoms with Gasteiger partial charge >= 0.3 is 5.97 Å². The quantitative estimate of drug-likeness (QED) is 0.750. The van der Waals surface area contributed by atoms with Gasteiger partial charge in [0.15, 0.2) is 0 Å². The number of hydrogen-bond acceptors (Lipinski definition) is 5. The Labute approximate surface area is 149 Å². The van der Waals surface area contributed by atoms with Gasteiger partial charge in [-0.05, 0) is 19.1 Å². The number of carbonyl (C=O) groups is 2. The van der Waals surface area contributed by atoms with Crippen molar-refractivity contribution in [2.24, 2.45) is 0 Å². The first-order valence-corrected chi connectivity index (χ1v) is 8.61. The average molecular weight is 365 g/mol. The number of nitrogens with one attached hydrogen (secondary N) is 1. The third kappa shape index (κ3) is 5.33. The molecule has 6 nitrogen and oxygen atoms in total. The normalized spacial score (nSPS) is 12.2. The maximum Gasteiger partial charge on any atom is 0.320 e. The van der Waals surface area contributed by atoms with E-state index in [9.17, 15) is 19.1 Å². The minimum Gasteiger partial charge on any atom is -0.480 e. The van der Waals surface area contributed by atoms with E-state index in [1.54, 1.807) is 36.2 Å². The van der Waals surface area contributed by atoms with E-state index in [4.69, 9.17) is 0 Å². The van der Waals surface area contributed by atoms with Gasteiger partial charge in [-0.2, -0.15) is 0 Å². The topological polar surface area (TPSA) is 82.5 Å². The molecule has 0 spiro atoms. The summed E-state index contributed by atoms with van der Waals surface area (Å²) in [7, 11) is 0. The molecule has 134 valence electrons. The van der Waals surface area contributed by atoms with E-state index < -0.39 is 12.0 Å². The third-order valence-electron chi connectivity index (χ3n) is 3.69. The van der Waals surface area contributed by atoms with Crippen molar-refractivity contribution in [1.29, 1.82) is 0 Å². The number of carbonyl (C=O) groups excluding carboxylic acids is 1. The van der Waals surface area contributed by atoms with Gasteiger partial charge in [0, 0.05) is 43.2 Å². The maximum absolute atomic E-state index is 13.9. The highest BCUT2D eigenvalue weighted by molar-refractivity contribution is 7.15. The van der Waals surface area contributed by atoms with Crippen molar-refractivity contribution in [1.82, 2.24) is 15.2 Å². The predicted octanol–water partition coefficient (Wildman–Crippen LogP) is 2.36. The molecule has 1 unspecified atom stereocenters. The van der Waals surface area contributed by atoms with Gasteiger partial charge in [-0.3, -0.25) is 14.5 Å². The van der Waals surface area contributed by atoms with Crippen LogP contribution in [0, 0.1) is 5.82 Å². The lowest BCUT2D eigenvalue weighted by Gasteiger charge is -2.25. The van der Waals surface area contributed by atoms with Crippen LogP contribution in [0.15, 0.2) is 30.5 Å². The molecule has 0 saturated heterocycles. The Bertz CT molecular complexity index is 750. The molecular weight excluding hydrogens is 345 g/mol. The number of amides is 1. The van der Waals surface area contributed by atoms with Crippen LogP contribution in [0.2, 0.25) is 0 Å². The van der Waals surface area contributed by atoms with Crippen molar-refractivity contribution in [3.05, 3.63) is 41.2 Å². The third-order valence-corrected chi connectivity index (χ3v) is 4.71. The number of nitrogens with zero attached hydrogens (tertiary/aromatic N) is 2. The van der Waals surface area contributed by atoms with Crippen molar-refractivity contribution in [2.75, 3.05) is 13.1 Å². The van der Waals surface area contributed by atoms with E-state index in [1.807, 2.05) is 0 Å². The molecule has 0 saturated carbocycles. The summed E-state index contributed by atoms with van der Waals surface area (Å²) in [5, 5.41) is 12.5. The fraction of sp³-hybridized carbons (Fsp3) is 0.353. The van der Waals surface area contributed by atoms with Crippen molar-refractivity contribution < 1.29 is 19.1 Å². The molecule has 2 rings (SSSR count). The lowest BCUT2D eigenvalue weighted by molar-refractivity contribution is -0.142. The number of hydrogen-bond donors (Lipinski definition) is 2. The molecule has 0 fully saturated rings. The van der Waals surface area contributed by atoms with E-state index in [0.29, 0.717) is 30.2 Å². The Balaban J connectivity index is 2.11. The highest BCUT2D eigenvalue weighted by Crippen LogP contribution is 2.28. The second kappa shape index (κ2) is 8.68. The van der Waals surface area contributed by atoms with Crippen molar-refractivity contribution in [3.8, 4) is 10.6 Å². The van der Waals surface area contributed by atoms with Crippen LogP contribution in [0.25, 0.3) is 10.6 Å². The van der Waals surface area contributed by atoms with E-state index in [2.05, 4.69) is 10.3 Å². The molecule has 1 aromatic carbocycles. The highest BCUT2D eigenvalue weighted by atomic mass is 32.1. The molecule has 1 aromatic heterocycles. The predicted molar refractivity (Wildman–Crippen MR) is 93.7 cm³/mol. The van der Waals surface area contributed by atoms with Gasteiger partial charge in [-0.25, -0.2) is 9.37 Å². The summed E-state index contributed by atoms with van der Waals surface area (Å²) in [6, 6.07) is 5.68. The first-order chi connectivity index (χ1) is 11.9. The number of thiazole rings is 1. The Morgan fingerprint density at radius 3 is 2.76 bits per heavy atom. The highest BCUT2D eigenvalue weighted by Gasteiger charge is 2.21. The van der Waals surface area contributed by atoms with Gasteiger partial charge in [0.05, 0.1) is 0 Å². The standard InChI is InChI=1S/C17H20FN3O3S/c1-11(17(23)24)21(8-7-19-12(2)22)10-13-9-20-16(25-13)14-5-3-4-6-15(14)18/h3-6,9,11H,7-8,10H2,1-2H3,(H,19,22)(H,23,24). The van der Waals surface area contributed by atoms with Crippen LogP contribution in [0.1, 0.15) is 18.7 Å². The molecule has 2 N–H and O–H groups in total. The van der Waals surface area contributed by atoms with Crippen LogP contribution in [-0.2, 0) is 16.1 Å². The van der Waals surface area contributed by atoms with Gasteiger partial charge in [0.25, 0.3) is 0 Å². The summed E-state index contributed by atoms with van der Waals surface area (Å²) in [6.45, 7) is 4.11. The van der Waals surface area contributed by atoms with Crippen LogP contribution in [-0.4, -0.2) is 46.0 Å². The molecule has 25 heavy (non-hydrogen) atoms. The van der Waals surface area contributed by atoms with E-state index >= 15 is 0 Å². The monoisotopic (exact) mass is 365 g/mol. The number of carboxylic acids is 1. The largest absolute Gasteiger partial charge is 0.480 e. The van der Waals surface area contributed by atoms with Crippen LogP contribution in [0.3, 0.4) is 0 Å². The SMILES string of the molecule is CC(=O)NCCN(Cc1cnc(-c2ccccc2F)s1)C(C)C(=O)O. The molecule has 0 aliphatic rings. The Morgan fingerprint density at radius 2 is 2.12 bits per heavy atom. The molecule has 1 amide bonds. The summed E-state index contributed by atoms with van der Waals surface area (Å²) < 4.78 is 13.9. The fourth-order valence-electron chi connectivity index (χ4n) is 2.28. The van der Waals surface area contributed by atoms with E-state index in [1.165, 1.54) is 24.3 Å². The number of halogens is 1. The van der Waals surface area contributed by atoms with E-state index in [0.717, 1.165) is 4.88 Å². The van der Waals surface area contributed by atoms with Crippen LogP contribution < -0.4 is 5.32 Å². The van der Waals surface area contributed by atoms with Gasteiger partial charge in [0.2, 0.25) is 5.91 Å². The number of benzene rings is 1. The first-order valence-electron chi connectivity index (χ1n) is 7.79. The summed E-state index contributed by atoms with van der Waals surface area (Å²) in [6.07, 6.45) is 1.63. The zero-order chi connectivity index (χ0) is 18.4. The minimum atomic E-state index is -0.943. The summed E-state index contributed by atoms with van der Waals surface area (Å²) in [4.78, 5) is 29.1. The van der Waals surface area contributed by atoms with Crippen molar-refractivity contribution >= 4 is 23.2 Å². The maximum atomic E-state index is 13.9. The molecule has 1 heterocycles. The van der Waals surface area contributed by atoms with Gasteiger partial charge in [-0.1, -0.05) is 12.1 Å². The zero-order valence-corrected chi connectivity index (χ0v) is 14.8. The Morgan fingerprint density at radius 1 is 1.40 bits per heavy atom. The zero-order valence-electron chi connectivity index (χ0n) is 14.0. The summed E-state index contributed by atoms with van der Waals surface area (Å²) >= 11 is 1.32. The van der Waals surface area contributed by atoms with E-state index in [-0.39, 0.29) is 11.7 Å². The lowest BCUT2D eigenvalue weighted by Crippen LogP contribution is -2.42.